The molecule has 0 saturated carbocycles. The van der Waals surface area contributed by atoms with E-state index in [0.29, 0.717) is 6.04 Å². The van der Waals surface area contributed by atoms with Crippen molar-refractivity contribution < 1.29 is 5.11 Å². The average Bonchev–Trinajstić information content (AvgIpc) is 2.60. The SMILES string of the molecule is C=CCN1CCC(NC(=NCC(CC)(CC)CCO)NCC)CC1.I. The van der Waals surface area contributed by atoms with Crippen LogP contribution in [0.2, 0.25) is 0 Å². The lowest BCUT2D eigenvalue weighted by Crippen LogP contribution is -2.49. The molecule has 1 saturated heterocycles. The number of piperidine rings is 1. The number of aliphatic imine (C=N–C) groups is 1. The van der Waals surface area contributed by atoms with Crippen LogP contribution in [0.4, 0.5) is 0 Å². The van der Waals surface area contributed by atoms with Crippen LogP contribution in [-0.2, 0) is 0 Å². The summed E-state index contributed by atoms with van der Waals surface area (Å²) in [5.74, 6) is 0.920. The van der Waals surface area contributed by atoms with Crippen LogP contribution in [-0.4, -0.2) is 61.3 Å². The number of aliphatic hydroxyl groups is 1. The Labute approximate surface area is 171 Å². The Morgan fingerprint density at radius 2 is 1.92 bits per heavy atom. The average molecular weight is 466 g/mol. The minimum absolute atomic E-state index is 0. The molecule has 0 aromatic heterocycles. The molecule has 0 unspecified atom stereocenters. The van der Waals surface area contributed by atoms with Crippen molar-refractivity contribution in [3.63, 3.8) is 0 Å². The van der Waals surface area contributed by atoms with Crippen molar-refractivity contribution in [2.24, 2.45) is 10.4 Å². The number of nitrogens with one attached hydrogen (secondary N) is 2. The molecule has 1 aliphatic heterocycles. The van der Waals surface area contributed by atoms with Crippen molar-refractivity contribution in [1.29, 1.82) is 0 Å². The van der Waals surface area contributed by atoms with Crippen molar-refractivity contribution in [3.05, 3.63) is 12.7 Å². The molecule has 1 aliphatic rings. The molecule has 0 atom stereocenters. The number of halogens is 1. The van der Waals surface area contributed by atoms with Gasteiger partial charge in [-0.1, -0.05) is 19.9 Å². The third kappa shape index (κ3) is 8.73. The lowest BCUT2D eigenvalue weighted by molar-refractivity contribution is 0.175. The molecule has 1 fully saturated rings. The maximum absolute atomic E-state index is 9.37. The Morgan fingerprint density at radius 3 is 2.40 bits per heavy atom. The first-order valence-corrected chi connectivity index (χ1v) is 9.62. The Balaban J connectivity index is 0.00000576. The van der Waals surface area contributed by atoms with Crippen molar-refractivity contribution in [2.75, 3.05) is 39.3 Å². The Hall–Kier alpha value is -0.340. The van der Waals surface area contributed by atoms with Gasteiger partial charge in [-0.05, 0) is 44.4 Å². The van der Waals surface area contributed by atoms with Gasteiger partial charge in [-0.15, -0.1) is 30.6 Å². The van der Waals surface area contributed by atoms with Gasteiger partial charge in [-0.2, -0.15) is 0 Å². The van der Waals surface area contributed by atoms with E-state index >= 15 is 0 Å². The number of aliphatic hydroxyl groups excluding tert-OH is 1. The van der Waals surface area contributed by atoms with Gasteiger partial charge < -0.3 is 15.7 Å². The van der Waals surface area contributed by atoms with Gasteiger partial charge in [0.15, 0.2) is 5.96 Å². The van der Waals surface area contributed by atoms with Crippen LogP contribution < -0.4 is 10.6 Å². The third-order valence-corrected chi connectivity index (χ3v) is 5.37. The van der Waals surface area contributed by atoms with Crippen LogP contribution in [0.15, 0.2) is 17.6 Å². The lowest BCUT2D eigenvalue weighted by Gasteiger charge is -2.33. The molecule has 5 nitrogen and oxygen atoms in total. The van der Waals surface area contributed by atoms with Crippen LogP contribution in [0, 0.1) is 5.41 Å². The van der Waals surface area contributed by atoms with Crippen LogP contribution in [0.3, 0.4) is 0 Å². The van der Waals surface area contributed by atoms with E-state index in [0.717, 1.165) is 70.8 Å². The van der Waals surface area contributed by atoms with E-state index in [1.165, 1.54) is 0 Å². The summed E-state index contributed by atoms with van der Waals surface area (Å²) in [6.45, 7) is 15.4. The van der Waals surface area contributed by atoms with E-state index in [4.69, 9.17) is 4.99 Å². The molecule has 6 heteroatoms. The quantitative estimate of drug-likeness (QED) is 0.201. The molecule has 0 amide bonds. The van der Waals surface area contributed by atoms with Gasteiger partial charge in [-0.25, -0.2) is 0 Å². The molecule has 0 aliphatic carbocycles. The maximum Gasteiger partial charge on any atom is 0.191 e. The first-order chi connectivity index (χ1) is 11.6. The number of likely N-dealkylation sites (tertiary alicyclic amines) is 1. The largest absolute Gasteiger partial charge is 0.396 e. The zero-order valence-electron chi connectivity index (χ0n) is 16.4. The lowest BCUT2D eigenvalue weighted by atomic mass is 9.79. The highest BCUT2D eigenvalue weighted by atomic mass is 127. The summed E-state index contributed by atoms with van der Waals surface area (Å²) < 4.78 is 0. The normalized spacial score (nSPS) is 17.0. The van der Waals surface area contributed by atoms with Gasteiger partial charge in [0.1, 0.15) is 0 Å². The first-order valence-electron chi connectivity index (χ1n) is 9.62. The summed E-state index contributed by atoms with van der Waals surface area (Å²) in [4.78, 5) is 7.29. The molecule has 3 N–H and O–H groups in total. The summed E-state index contributed by atoms with van der Waals surface area (Å²) in [5.41, 5.74) is 0.116. The van der Waals surface area contributed by atoms with E-state index in [9.17, 15) is 5.11 Å². The molecule has 1 rings (SSSR count). The monoisotopic (exact) mass is 466 g/mol. The fourth-order valence-electron chi connectivity index (χ4n) is 3.35. The van der Waals surface area contributed by atoms with E-state index in [2.05, 4.69) is 42.9 Å². The predicted molar refractivity (Wildman–Crippen MR) is 119 cm³/mol. The van der Waals surface area contributed by atoms with Crippen molar-refractivity contribution >= 4 is 29.9 Å². The van der Waals surface area contributed by atoms with Crippen LogP contribution in [0.25, 0.3) is 0 Å². The second-order valence-corrected chi connectivity index (χ2v) is 6.88. The van der Waals surface area contributed by atoms with Gasteiger partial charge >= 0.3 is 0 Å². The number of guanidine groups is 1. The maximum atomic E-state index is 9.37. The van der Waals surface area contributed by atoms with Crippen LogP contribution in [0.1, 0.15) is 52.9 Å². The van der Waals surface area contributed by atoms with Crippen molar-refractivity contribution in [3.8, 4) is 0 Å². The highest BCUT2D eigenvalue weighted by Gasteiger charge is 2.26. The first kappa shape index (κ1) is 24.7. The van der Waals surface area contributed by atoms with Crippen LogP contribution >= 0.6 is 24.0 Å². The molecule has 148 valence electrons. The number of hydrogen-bond acceptors (Lipinski definition) is 3. The van der Waals surface area contributed by atoms with E-state index in [1.807, 2.05) is 6.08 Å². The fourth-order valence-corrected chi connectivity index (χ4v) is 3.35. The predicted octanol–water partition coefficient (Wildman–Crippen LogP) is 3.00. The van der Waals surface area contributed by atoms with Gasteiger partial charge in [0.05, 0.1) is 0 Å². The third-order valence-electron chi connectivity index (χ3n) is 5.37. The van der Waals surface area contributed by atoms with E-state index in [-0.39, 0.29) is 36.0 Å². The Bertz CT molecular complexity index is 378. The minimum atomic E-state index is 0. The second kappa shape index (κ2) is 13.8. The van der Waals surface area contributed by atoms with Gasteiger partial charge in [0, 0.05) is 45.4 Å². The zero-order valence-corrected chi connectivity index (χ0v) is 18.7. The van der Waals surface area contributed by atoms with Gasteiger partial charge in [0.25, 0.3) is 0 Å². The van der Waals surface area contributed by atoms with Crippen molar-refractivity contribution in [2.45, 2.75) is 58.9 Å². The highest BCUT2D eigenvalue weighted by Crippen LogP contribution is 2.30. The molecule has 0 bridgehead atoms. The standard InChI is InChI=1S/C19H38N4O.HI/c1-5-12-23-13-9-17(10-14-23)22-18(20-8-4)21-16-19(6-2,7-3)11-15-24;/h5,17,24H,1,6-16H2,2-4H3,(H2,20,21,22);1H. The Morgan fingerprint density at radius 1 is 1.28 bits per heavy atom. The molecule has 0 spiro atoms. The fraction of sp³-hybridized carbons (Fsp3) is 0.842. The number of rotatable bonds is 10. The molecule has 0 radical (unpaired) electrons. The molecule has 0 aromatic rings. The summed E-state index contributed by atoms with van der Waals surface area (Å²) in [6, 6.07) is 0.486. The molecular formula is C19H39IN4O. The van der Waals surface area contributed by atoms with Crippen molar-refractivity contribution in [1.82, 2.24) is 15.5 Å². The summed E-state index contributed by atoms with van der Waals surface area (Å²) in [7, 11) is 0. The smallest absolute Gasteiger partial charge is 0.191 e. The summed E-state index contributed by atoms with van der Waals surface area (Å²) >= 11 is 0. The number of hydrogen-bond donors (Lipinski definition) is 3. The Kier molecular flexibility index (Phi) is 13.6. The topological polar surface area (TPSA) is 59.9 Å². The van der Waals surface area contributed by atoms with E-state index < -0.39 is 0 Å². The summed E-state index contributed by atoms with van der Waals surface area (Å²) in [6.07, 6.45) is 7.18. The highest BCUT2D eigenvalue weighted by molar-refractivity contribution is 14.0. The minimum Gasteiger partial charge on any atom is -0.396 e. The molecule has 1 heterocycles. The second-order valence-electron chi connectivity index (χ2n) is 6.88. The zero-order chi connectivity index (χ0) is 17.8. The molecular weight excluding hydrogens is 427 g/mol. The number of nitrogens with zero attached hydrogens (tertiary/aromatic N) is 2. The summed E-state index contributed by atoms with van der Waals surface area (Å²) in [5, 5.41) is 16.4. The van der Waals surface area contributed by atoms with Gasteiger partial charge in [-0.3, -0.25) is 9.89 Å². The van der Waals surface area contributed by atoms with Crippen LogP contribution in [0.5, 0.6) is 0 Å². The van der Waals surface area contributed by atoms with E-state index in [1.54, 1.807) is 0 Å². The molecule has 25 heavy (non-hydrogen) atoms. The molecule has 0 aromatic carbocycles. The van der Waals surface area contributed by atoms with Gasteiger partial charge in [0.2, 0.25) is 0 Å².